The van der Waals surface area contributed by atoms with Crippen molar-refractivity contribution in [2.75, 3.05) is 5.32 Å². The minimum absolute atomic E-state index is 0.104. The van der Waals surface area contributed by atoms with E-state index >= 15 is 0 Å². The van der Waals surface area contributed by atoms with E-state index in [4.69, 9.17) is 4.43 Å². The van der Waals surface area contributed by atoms with Crippen LogP contribution >= 0.6 is 0 Å². The van der Waals surface area contributed by atoms with Crippen molar-refractivity contribution in [2.45, 2.75) is 52.8 Å². The Hall–Kier alpha value is -1.58. The summed E-state index contributed by atoms with van der Waals surface area (Å²) in [6.07, 6.45) is 2.32. The van der Waals surface area contributed by atoms with Crippen LogP contribution in [0.2, 0.25) is 13.1 Å². The Balaban J connectivity index is 1.94. The zero-order valence-corrected chi connectivity index (χ0v) is 16.7. The molecule has 0 saturated heterocycles. The Morgan fingerprint density at radius 2 is 1.62 bits per heavy atom. The maximum absolute atomic E-state index is 6.40. The molecule has 0 saturated carbocycles. The van der Waals surface area contributed by atoms with Gasteiger partial charge >= 0.3 is 0 Å². The zero-order chi connectivity index (χ0) is 17.3. The van der Waals surface area contributed by atoms with E-state index in [1.165, 1.54) is 28.1 Å². The summed E-state index contributed by atoms with van der Waals surface area (Å²) in [5.74, 6) is 0. The number of fused-ring (bicyclic) bond motifs is 2. The Labute approximate surface area is 148 Å². The molecule has 1 heterocycles. The summed E-state index contributed by atoms with van der Waals surface area (Å²) in [6.45, 7) is 11.3. The predicted octanol–water partition coefficient (Wildman–Crippen LogP) is 5.62. The van der Waals surface area contributed by atoms with Crippen LogP contribution in [0, 0.1) is 5.41 Å². The Morgan fingerprint density at radius 3 is 2.33 bits per heavy atom. The van der Waals surface area contributed by atoms with Gasteiger partial charge in [-0.25, -0.2) is 0 Å². The van der Waals surface area contributed by atoms with E-state index in [0.29, 0.717) is 0 Å². The second-order valence-corrected chi connectivity index (χ2v) is 10.5. The highest BCUT2D eigenvalue weighted by molar-refractivity contribution is 6.48. The van der Waals surface area contributed by atoms with Gasteiger partial charge in [0.15, 0.2) is 9.04 Å². The molecule has 1 aliphatic heterocycles. The van der Waals surface area contributed by atoms with Crippen LogP contribution in [0.3, 0.4) is 0 Å². The lowest BCUT2D eigenvalue weighted by Gasteiger charge is -2.33. The number of hydrogen-bond donors (Lipinski definition) is 1. The van der Waals surface area contributed by atoms with Crippen LogP contribution in [-0.4, -0.2) is 9.04 Å². The summed E-state index contributed by atoms with van der Waals surface area (Å²) in [4.78, 5) is 0. The molecular weight excluding hydrogens is 310 g/mol. The molecule has 0 bridgehead atoms. The second kappa shape index (κ2) is 6.73. The summed E-state index contributed by atoms with van der Waals surface area (Å²) in [7, 11) is -1.10. The van der Waals surface area contributed by atoms with Crippen molar-refractivity contribution in [3.63, 3.8) is 0 Å². The molecule has 1 aliphatic rings. The smallest absolute Gasteiger partial charge is 0.171 e. The lowest BCUT2D eigenvalue weighted by Crippen LogP contribution is -2.26. The fourth-order valence-electron chi connectivity index (χ4n) is 3.44. The van der Waals surface area contributed by atoms with Gasteiger partial charge in [-0.15, -0.1) is 0 Å². The van der Waals surface area contributed by atoms with Gasteiger partial charge in [-0.3, -0.25) is 0 Å². The van der Waals surface area contributed by atoms with E-state index in [1.54, 1.807) is 0 Å². The Bertz CT molecular complexity index is 718. The molecule has 0 aliphatic carbocycles. The molecule has 128 valence electrons. The first-order chi connectivity index (χ1) is 11.3. The fraction of sp³-hybridized carbons (Fsp3) is 0.429. The third kappa shape index (κ3) is 3.73. The number of nitrogens with one attached hydrogen (secondary N) is 1. The lowest BCUT2D eigenvalue weighted by atomic mass is 9.84. The third-order valence-corrected chi connectivity index (χ3v) is 5.39. The average Bonchev–Trinajstić information content (AvgIpc) is 2.70. The van der Waals surface area contributed by atoms with E-state index in [0.717, 1.165) is 12.8 Å². The van der Waals surface area contributed by atoms with E-state index in [-0.39, 0.29) is 11.5 Å². The predicted molar refractivity (Wildman–Crippen MR) is 106 cm³/mol. The molecular formula is C21H29NOSi. The van der Waals surface area contributed by atoms with Crippen LogP contribution in [0.25, 0.3) is 0 Å². The van der Waals surface area contributed by atoms with Crippen molar-refractivity contribution in [1.29, 1.82) is 0 Å². The zero-order valence-electron chi connectivity index (χ0n) is 15.5. The van der Waals surface area contributed by atoms with Crippen molar-refractivity contribution >= 4 is 20.4 Å². The van der Waals surface area contributed by atoms with Gasteiger partial charge in [0.05, 0.1) is 6.10 Å². The molecule has 2 aromatic rings. The van der Waals surface area contributed by atoms with Gasteiger partial charge in [0.2, 0.25) is 0 Å². The molecule has 0 fully saturated rings. The van der Waals surface area contributed by atoms with Gasteiger partial charge in [0.25, 0.3) is 0 Å². The van der Waals surface area contributed by atoms with Crippen LogP contribution in [-0.2, 0) is 17.3 Å². The van der Waals surface area contributed by atoms with E-state index in [1.807, 2.05) is 0 Å². The number of rotatable bonds is 3. The summed E-state index contributed by atoms with van der Waals surface area (Å²) in [6, 6.07) is 15.5. The maximum Gasteiger partial charge on any atom is 0.171 e. The quantitative estimate of drug-likeness (QED) is 0.733. The molecule has 1 unspecified atom stereocenters. The normalized spacial score (nSPS) is 15.2. The number of hydrogen-bond acceptors (Lipinski definition) is 2. The maximum atomic E-state index is 6.40. The number of anilines is 2. The van der Waals surface area contributed by atoms with Crippen LogP contribution < -0.4 is 5.32 Å². The molecule has 0 spiro atoms. The van der Waals surface area contributed by atoms with Gasteiger partial charge in [0.1, 0.15) is 0 Å². The first-order valence-corrected chi connectivity index (χ1v) is 11.8. The molecule has 0 amide bonds. The standard InChI is InChI=1S/C21H29NOSi/c1-21(2,3)20(23-24(4)5)17-12-13-19-16(14-17)11-10-15-8-6-7-9-18(15)22-19/h6-9,12-14,20,22,24H,10-11H2,1-5H3. The molecule has 1 N–H and O–H groups in total. The molecule has 24 heavy (non-hydrogen) atoms. The molecule has 1 atom stereocenters. The first kappa shape index (κ1) is 17.2. The van der Waals surface area contributed by atoms with Crippen LogP contribution in [0.15, 0.2) is 42.5 Å². The van der Waals surface area contributed by atoms with Crippen molar-refractivity contribution in [2.24, 2.45) is 5.41 Å². The van der Waals surface area contributed by atoms with E-state index in [9.17, 15) is 0 Å². The summed E-state index contributed by atoms with van der Waals surface area (Å²) >= 11 is 0. The van der Waals surface area contributed by atoms with Gasteiger partial charge < -0.3 is 9.74 Å². The molecule has 2 aromatic carbocycles. The largest absolute Gasteiger partial charge is 0.413 e. The van der Waals surface area contributed by atoms with Crippen molar-refractivity contribution < 1.29 is 4.43 Å². The first-order valence-electron chi connectivity index (χ1n) is 8.98. The molecule has 3 rings (SSSR count). The average molecular weight is 340 g/mol. The van der Waals surface area contributed by atoms with Crippen molar-refractivity contribution in [1.82, 2.24) is 0 Å². The minimum Gasteiger partial charge on any atom is -0.413 e. The molecule has 0 aromatic heterocycles. The van der Waals surface area contributed by atoms with E-state index in [2.05, 4.69) is 81.6 Å². The van der Waals surface area contributed by atoms with Gasteiger partial charge in [-0.1, -0.05) is 51.1 Å². The summed E-state index contributed by atoms with van der Waals surface area (Å²) in [5.41, 5.74) is 6.68. The fourth-order valence-corrected chi connectivity index (χ4v) is 4.54. The number of aryl methyl sites for hydroxylation is 2. The highest BCUT2D eigenvalue weighted by atomic mass is 28.3. The highest BCUT2D eigenvalue weighted by Gasteiger charge is 2.28. The van der Waals surface area contributed by atoms with Crippen LogP contribution in [0.5, 0.6) is 0 Å². The number of benzene rings is 2. The van der Waals surface area contributed by atoms with Gasteiger partial charge in [-0.2, -0.15) is 0 Å². The molecule has 0 radical (unpaired) electrons. The summed E-state index contributed by atoms with van der Waals surface area (Å²) in [5, 5.41) is 3.62. The topological polar surface area (TPSA) is 21.3 Å². The Morgan fingerprint density at radius 1 is 0.958 bits per heavy atom. The van der Waals surface area contributed by atoms with Gasteiger partial charge in [0, 0.05) is 11.4 Å². The second-order valence-electron chi connectivity index (χ2n) is 8.13. The van der Waals surface area contributed by atoms with Gasteiger partial charge in [-0.05, 0) is 60.2 Å². The van der Waals surface area contributed by atoms with Crippen LogP contribution in [0.1, 0.15) is 43.6 Å². The number of para-hydroxylation sites is 1. The third-order valence-electron chi connectivity index (χ3n) is 4.58. The summed E-state index contributed by atoms with van der Waals surface area (Å²) < 4.78 is 6.40. The molecule has 2 nitrogen and oxygen atoms in total. The van der Waals surface area contributed by atoms with Crippen molar-refractivity contribution in [3.8, 4) is 0 Å². The SMILES string of the molecule is C[SiH](C)OC(c1ccc2c(c1)CCc1ccccc1N2)C(C)(C)C. The monoisotopic (exact) mass is 339 g/mol. The lowest BCUT2D eigenvalue weighted by molar-refractivity contribution is 0.0865. The molecule has 3 heteroatoms. The minimum atomic E-state index is -1.10. The van der Waals surface area contributed by atoms with Crippen LogP contribution in [0.4, 0.5) is 11.4 Å². The van der Waals surface area contributed by atoms with E-state index < -0.39 is 9.04 Å². The highest BCUT2D eigenvalue weighted by Crippen LogP contribution is 2.39. The van der Waals surface area contributed by atoms with Crippen molar-refractivity contribution in [3.05, 3.63) is 59.2 Å². The Kier molecular flexibility index (Phi) is 4.84.